The van der Waals surface area contributed by atoms with Crippen molar-refractivity contribution in [2.75, 3.05) is 0 Å². The highest BCUT2D eigenvalue weighted by atomic mass is 127. The molecule has 2 heterocycles. The third-order valence-corrected chi connectivity index (χ3v) is 7.44. The minimum Gasteiger partial charge on any atom is -0.267 e. The summed E-state index contributed by atoms with van der Waals surface area (Å²) in [5, 5.41) is 4.82. The van der Waals surface area contributed by atoms with Crippen LogP contribution in [0, 0.1) is 15.3 Å². The molecule has 4 rings (SSSR count). The maximum absolute atomic E-state index is 14.8. The summed E-state index contributed by atoms with van der Waals surface area (Å²) >= 11 is 2.10. The number of fused-ring (bicyclic) bond motifs is 1. The van der Waals surface area contributed by atoms with Crippen LogP contribution >= 0.6 is 22.6 Å². The van der Waals surface area contributed by atoms with Crippen molar-refractivity contribution in [3.8, 4) is 22.5 Å². The van der Waals surface area contributed by atoms with Crippen molar-refractivity contribution < 1.29 is 17.2 Å². The van der Waals surface area contributed by atoms with Crippen LogP contribution in [0.5, 0.6) is 0 Å². The SMILES string of the molecule is C=C/C=C(\C=C)S(=O)(=O)n1c(-c2c(F)cccc2F)cc2cc(-c3cc(I)nn3C)ccc21. The highest BCUT2D eigenvalue weighted by Crippen LogP contribution is 2.36. The van der Waals surface area contributed by atoms with E-state index in [4.69, 9.17) is 0 Å². The Labute approximate surface area is 203 Å². The Morgan fingerprint density at radius 2 is 1.76 bits per heavy atom. The number of rotatable bonds is 6. The van der Waals surface area contributed by atoms with Crippen molar-refractivity contribution in [2.24, 2.45) is 7.05 Å². The second kappa shape index (κ2) is 8.71. The van der Waals surface area contributed by atoms with E-state index in [9.17, 15) is 17.2 Å². The largest absolute Gasteiger partial charge is 0.268 e. The number of hydrogen-bond donors (Lipinski definition) is 0. The van der Waals surface area contributed by atoms with Gasteiger partial charge in [0.25, 0.3) is 10.0 Å². The molecule has 0 aliphatic heterocycles. The molecule has 5 nitrogen and oxygen atoms in total. The monoisotopic (exact) mass is 577 g/mol. The smallest absolute Gasteiger partial charge is 0.267 e. The van der Waals surface area contributed by atoms with Gasteiger partial charge in [0, 0.05) is 18.0 Å². The van der Waals surface area contributed by atoms with E-state index >= 15 is 0 Å². The Morgan fingerprint density at radius 3 is 2.33 bits per heavy atom. The maximum Gasteiger partial charge on any atom is 0.268 e. The lowest BCUT2D eigenvalue weighted by Crippen LogP contribution is -2.15. The van der Waals surface area contributed by atoms with Gasteiger partial charge in [-0.1, -0.05) is 31.4 Å². The van der Waals surface area contributed by atoms with Gasteiger partial charge in [0.05, 0.1) is 27.4 Å². The van der Waals surface area contributed by atoms with Crippen molar-refractivity contribution in [1.82, 2.24) is 13.8 Å². The number of allylic oxidation sites excluding steroid dienone is 3. The van der Waals surface area contributed by atoms with Gasteiger partial charge in [-0.2, -0.15) is 5.10 Å². The van der Waals surface area contributed by atoms with Gasteiger partial charge in [-0.25, -0.2) is 21.2 Å². The molecule has 2 aromatic carbocycles. The Bertz CT molecular complexity index is 1550. The number of aromatic nitrogens is 3. The van der Waals surface area contributed by atoms with Gasteiger partial charge < -0.3 is 0 Å². The molecule has 0 aliphatic rings. The van der Waals surface area contributed by atoms with Gasteiger partial charge in [-0.15, -0.1) is 0 Å². The number of hydrogen-bond acceptors (Lipinski definition) is 3. The molecule has 0 fully saturated rings. The van der Waals surface area contributed by atoms with Crippen LogP contribution < -0.4 is 0 Å². The van der Waals surface area contributed by atoms with Crippen LogP contribution in [0.25, 0.3) is 33.4 Å². The van der Waals surface area contributed by atoms with Crippen LogP contribution in [0.1, 0.15) is 0 Å². The van der Waals surface area contributed by atoms with Crippen molar-refractivity contribution in [3.05, 3.63) is 100 Å². The first-order valence-corrected chi connectivity index (χ1v) is 12.2. The standard InChI is InChI=1S/C24H18F2IN3O2S/c1-4-7-17(5-2)33(31,32)30-20-11-10-15(21-14-23(27)28-29(21)3)12-16(20)13-22(30)24-18(25)8-6-9-19(24)26/h4-14H,1-2H2,3H3/b17-7+. The molecular formula is C24H18F2IN3O2S. The summed E-state index contributed by atoms with van der Waals surface area (Å²) < 4.78 is 60.1. The van der Waals surface area contributed by atoms with Crippen LogP contribution in [0.2, 0.25) is 0 Å². The third kappa shape index (κ3) is 3.95. The molecule has 4 aromatic rings. The predicted molar refractivity (Wildman–Crippen MR) is 135 cm³/mol. The van der Waals surface area contributed by atoms with Crippen LogP contribution in [0.4, 0.5) is 8.78 Å². The molecule has 9 heteroatoms. The average Bonchev–Trinajstić information content (AvgIpc) is 3.30. The van der Waals surface area contributed by atoms with Crippen LogP contribution in [-0.4, -0.2) is 22.2 Å². The minimum absolute atomic E-state index is 0.130. The Kier molecular flexibility index (Phi) is 6.10. The topological polar surface area (TPSA) is 56.9 Å². The van der Waals surface area contributed by atoms with Crippen molar-refractivity contribution in [2.45, 2.75) is 0 Å². The first-order valence-electron chi connectivity index (χ1n) is 9.69. The minimum atomic E-state index is -4.25. The van der Waals surface area contributed by atoms with Gasteiger partial charge in [0.15, 0.2) is 0 Å². The first-order chi connectivity index (χ1) is 15.7. The molecule has 0 amide bonds. The molecule has 33 heavy (non-hydrogen) atoms. The van der Waals surface area contributed by atoms with E-state index in [0.29, 0.717) is 5.39 Å². The molecule has 0 bridgehead atoms. The van der Waals surface area contributed by atoms with E-state index in [1.54, 1.807) is 29.9 Å². The molecule has 0 saturated heterocycles. The Morgan fingerprint density at radius 1 is 1.06 bits per heavy atom. The fourth-order valence-corrected chi connectivity index (χ4v) is 5.84. The van der Waals surface area contributed by atoms with Gasteiger partial charge in [0.2, 0.25) is 0 Å². The lowest BCUT2D eigenvalue weighted by atomic mass is 10.1. The fraction of sp³-hybridized carbons (Fsp3) is 0.0417. The van der Waals surface area contributed by atoms with E-state index < -0.39 is 27.2 Å². The maximum atomic E-state index is 14.8. The Hall–Kier alpha value is -3.05. The van der Waals surface area contributed by atoms with Crippen LogP contribution in [-0.2, 0) is 17.1 Å². The molecule has 2 aromatic heterocycles. The summed E-state index contributed by atoms with van der Waals surface area (Å²) in [6.07, 6.45) is 3.75. The van der Waals surface area contributed by atoms with E-state index in [2.05, 4.69) is 40.8 Å². The highest BCUT2D eigenvalue weighted by molar-refractivity contribution is 14.1. The highest BCUT2D eigenvalue weighted by Gasteiger charge is 2.27. The van der Waals surface area contributed by atoms with Crippen molar-refractivity contribution in [1.29, 1.82) is 0 Å². The first kappa shape index (κ1) is 23.1. The Balaban J connectivity index is 2.10. The molecular weight excluding hydrogens is 559 g/mol. The van der Waals surface area contributed by atoms with Crippen molar-refractivity contribution >= 4 is 43.5 Å². The zero-order valence-corrected chi connectivity index (χ0v) is 20.4. The number of halogens is 3. The molecule has 0 spiro atoms. The fourth-order valence-electron chi connectivity index (χ4n) is 3.71. The predicted octanol–water partition coefficient (Wildman–Crippen LogP) is 6.03. The summed E-state index contributed by atoms with van der Waals surface area (Å²) in [4.78, 5) is -0.154. The van der Waals surface area contributed by atoms with E-state index in [1.807, 2.05) is 6.07 Å². The summed E-state index contributed by atoms with van der Waals surface area (Å²) in [6.45, 7) is 7.12. The normalized spacial score (nSPS) is 12.3. The number of aryl methyl sites for hydroxylation is 1. The van der Waals surface area contributed by atoms with Crippen LogP contribution in [0.3, 0.4) is 0 Å². The lowest BCUT2D eigenvalue weighted by molar-refractivity contribution is 0.586. The zero-order chi connectivity index (χ0) is 23.9. The summed E-state index contributed by atoms with van der Waals surface area (Å²) in [6, 6.07) is 11.9. The molecule has 168 valence electrons. The van der Waals surface area contributed by atoms with Gasteiger partial charge in [0.1, 0.15) is 15.3 Å². The second-order valence-corrected chi connectivity index (χ2v) is 10.0. The molecule has 0 atom stereocenters. The molecule has 0 N–H and O–H groups in total. The van der Waals surface area contributed by atoms with Gasteiger partial charge >= 0.3 is 0 Å². The lowest BCUT2D eigenvalue weighted by Gasteiger charge is -2.14. The zero-order valence-electron chi connectivity index (χ0n) is 17.5. The quantitative estimate of drug-likeness (QED) is 0.208. The molecule has 0 unspecified atom stereocenters. The van der Waals surface area contributed by atoms with Crippen molar-refractivity contribution in [3.63, 3.8) is 0 Å². The molecule has 0 saturated carbocycles. The van der Waals surface area contributed by atoms with E-state index in [-0.39, 0.29) is 16.1 Å². The van der Waals surface area contributed by atoms with Crippen LogP contribution in [0.15, 0.2) is 84.8 Å². The summed E-state index contributed by atoms with van der Waals surface area (Å²) in [7, 11) is -2.45. The number of benzene rings is 2. The molecule has 0 radical (unpaired) electrons. The second-order valence-electron chi connectivity index (χ2n) is 7.15. The van der Waals surface area contributed by atoms with Gasteiger partial charge in [-0.3, -0.25) is 4.68 Å². The molecule has 0 aliphatic carbocycles. The third-order valence-electron chi connectivity index (χ3n) is 5.14. The van der Waals surface area contributed by atoms with E-state index in [1.165, 1.54) is 24.3 Å². The van der Waals surface area contributed by atoms with E-state index in [0.717, 1.165) is 37.1 Å². The summed E-state index contributed by atoms with van der Waals surface area (Å²) in [5.74, 6) is -1.74. The number of nitrogens with zero attached hydrogens (tertiary/aromatic N) is 3. The van der Waals surface area contributed by atoms with Gasteiger partial charge in [-0.05, 0) is 71.1 Å². The average molecular weight is 577 g/mol. The summed E-state index contributed by atoms with van der Waals surface area (Å²) in [5.41, 5.74) is 1.30.